The number of nitrogens with zero attached hydrogens (tertiary/aromatic N) is 1. The van der Waals surface area contributed by atoms with E-state index >= 15 is 0 Å². The molecule has 1 aromatic rings. The molecule has 0 radical (unpaired) electrons. The molecule has 60 valence electrons. The van der Waals surface area contributed by atoms with E-state index in [0.29, 0.717) is 0 Å². The van der Waals surface area contributed by atoms with Gasteiger partial charge in [-0.05, 0) is 6.07 Å². The molecule has 1 rings (SSSR count). The van der Waals surface area contributed by atoms with E-state index in [0.717, 1.165) is 0 Å². The number of nitriles is 1. The third kappa shape index (κ3) is 1.40. The van der Waals surface area contributed by atoms with Crippen molar-refractivity contribution in [3.05, 3.63) is 23.8 Å². The second-order valence-corrected chi connectivity index (χ2v) is 2.30. The van der Waals surface area contributed by atoms with Gasteiger partial charge in [-0.1, -0.05) is 12.1 Å². The summed E-state index contributed by atoms with van der Waals surface area (Å²) in [4.78, 5) is 0. The number of anilines is 1. The van der Waals surface area contributed by atoms with Gasteiger partial charge in [-0.25, -0.2) is 0 Å². The maximum absolute atomic E-state index is 8.81. The van der Waals surface area contributed by atoms with Gasteiger partial charge in [0.25, 0.3) is 0 Å². The van der Waals surface area contributed by atoms with Crippen LogP contribution in [-0.2, 0) is 0 Å². The second kappa shape index (κ2) is 3.26. The molecule has 0 aliphatic heterocycles. The molecular weight excluding hydrogens is 155 g/mol. The Bertz CT molecular complexity index is 333. The summed E-state index contributed by atoms with van der Waals surface area (Å²) in [6.07, 6.45) is 0. The normalized spacial score (nSPS) is 9.08. The second-order valence-electron chi connectivity index (χ2n) is 2.30. The first-order valence-corrected chi connectivity index (χ1v) is 3.31. The fourth-order valence-corrected chi connectivity index (χ4v) is 0.933. The van der Waals surface area contributed by atoms with Gasteiger partial charge in [-0.2, -0.15) is 5.26 Å². The smallest absolute Gasteiger partial charge is 0.423 e. The Kier molecular flexibility index (Phi) is 2.33. The van der Waals surface area contributed by atoms with Gasteiger partial charge >= 0.3 is 7.12 Å². The van der Waals surface area contributed by atoms with E-state index in [4.69, 9.17) is 21.0 Å². The van der Waals surface area contributed by atoms with E-state index in [-0.39, 0.29) is 16.7 Å². The fraction of sp³-hybridized carbons (Fsp3) is 0. The molecule has 0 aliphatic carbocycles. The molecular formula is C7H7BN2O2. The minimum absolute atomic E-state index is 0.118. The zero-order valence-electron chi connectivity index (χ0n) is 6.23. The van der Waals surface area contributed by atoms with Crippen molar-refractivity contribution in [2.24, 2.45) is 0 Å². The summed E-state index contributed by atoms with van der Waals surface area (Å²) in [5.41, 5.74) is 5.93. The first-order chi connectivity index (χ1) is 5.66. The predicted molar refractivity (Wildman–Crippen MR) is 45.4 cm³/mol. The number of nitrogens with two attached hydrogens (primary N) is 1. The van der Waals surface area contributed by atoms with Crippen LogP contribution in [0.25, 0.3) is 0 Å². The van der Waals surface area contributed by atoms with Crippen LogP contribution in [0.5, 0.6) is 0 Å². The molecule has 0 saturated carbocycles. The molecule has 0 saturated heterocycles. The van der Waals surface area contributed by atoms with E-state index in [9.17, 15) is 0 Å². The molecule has 12 heavy (non-hydrogen) atoms. The Morgan fingerprint density at radius 1 is 1.42 bits per heavy atom. The highest BCUT2D eigenvalue weighted by atomic mass is 16.4. The zero-order chi connectivity index (χ0) is 9.14. The van der Waals surface area contributed by atoms with Crippen molar-refractivity contribution in [3.63, 3.8) is 0 Å². The SMILES string of the molecule is N#Cc1c(N)cccc1B(O)O. The van der Waals surface area contributed by atoms with Gasteiger partial charge in [-0.3, -0.25) is 0 Å². The molecule has 4 nitrogen and oxygen atoms in total. The lowest BCUT2D eigenvalue weighted by atomic mass is 9.77. The van der Waals surface area contributed by atoms with Crippen molar-refractivity contribution < 1.29 is 10.0 Å². The van der Waals surface area contributed by atoms with Crippen LogP contribution in [0.2, 0.25) is 0 Å². The first kappa shape index (κ1) is 8.59. The van der Waals surface area contributed by atoms with Gasteiger partial charge in [0, 0.05) is 11.2 Å². The van der Waals surface area contributed by atoms with Crippen molar-refractivity contribution in [1.29, 1.82) is 5.26 Å². The summed E-state index contributed by atoms with van der Waals surface area (Å²) in [5, 5.41) is 26.2. The van der Waals surface area contributed by atoms with E-state index in [2.05, 4.69) is 0 Å². The summed E-state index contributed by atoms with van der Waals surface area (Å²) in [5.74, 6) is 0. The van der Waals surface area contributed by atoms with Crippen molar-refractivity contribution >= 4 is 18.3 Å². The molecule has 0 spiro atoms. The van der Waals surface area contributed by atoms with Crippen molar-refractivity contribution in [1.82, 2.24) is 0 Å². The van der Waals surface area contributed by atoms with Gasteiger partial charge in [0.05, 0.1) is 5.56 Å². The fourth-order valence-electron chi connectivity index (χ4n) is 0.933. The molecule has 0 amide bonds. The van der Waals surface area contributed by atoms with Gasteiger partial charge < -0.3 is 15.8 Å². The zero-order valence-corrected chi connectivity index (χ0v) is 6.23. The predicted octanol–water partition coefficient (Wildman–Crippen LogP) is -1.18. The minimum Gasteiger partial charge on any atom is -0.423 e. The van der Waals surface area contributed by atoms with Crippen molar-refractivity contribution in [2.75, 3.05) is 5.73 Å². The van der Waals surface area contributed by atoms with Gasteiger partial charge in [0.1, 0.15) is 6.07 Å². The third-order valence-electron chi connectivity index (χ3n) is 1.52. The maximum atomic E-state index is 8.81. The highest BCUT2D eigenvalue weighted by Crippen LogP contribution is 2.06. The van der Waals surface area contributed by atoms with Crippen LogP contribution in [0.1, 0.15) is 5.56 Å². The molecule has 0 fully saturated rings. The Morgan fingerprint density at radius 2 is 2.08 bits per heavy atom. The largest absolute Gasteiger partial charge is 0.489 e. The molecule has 0 atom stereocenters. The molecule has 4 N–H and O–H groups in total. The Balaban J connectivity index is 3.30. The van der Waals surface area contributed by atoms with Crippen LogP contribution in [0.4, 0.5) is 5.69 Å². The van der Waals surface area contributed by atoms with Gasteiger partial charge in [0.15, 0.2) is 0 Å². The molecule has 0 unspecified atom stereocenters. The highest BCUT2D eigenvalue weighted by Gasteiger charge is 2.16. The van der Waals surface area contributed by atoms with Crippen LogP contribution in [0.3, 0.4) is 0 Å². The van der Waals surface area contributed by atoms with Crippen LogP contribution >= 0.6 is 0 Å². The number of rotatable bonds is 1. The highest BCUT2D eigenvalue weighted by molar-refractivity contribution is 6.59. The molecule has 0 aliphatic rings. The van der Waals surface area contributed by atoms with Gasteiger partial charge in [-0.15, -0.1) is 0 Å². The van der Waals surface area contributed by atoms with E-state index in [1.54, 1.807) is 12.1 Å². The number of hydrogen-bond donors (Lipinski definition) is 3. The average Bonchev–Trinajstić information content (AvgIpc) is 2.03. The number of nitrogen functional groups attached to an aromatic ring is 1. The number of hydrogen-bond acceptors (Lipinski definition) is 4. The summed E-state index contributed by atoms with van der Waals surface area (Å²) in [7, 11) is -1.65. The van der Waals surface area contributed by atoms with Crippen LogP contribution in [-0.4, -0.2) is 17.2 Å². The molecule has 5 heteroatoms. The van der Waals surface area contributed by atoms with Crippen molar-refractivity contribution in [2.45, 2.75) is 0 Å². The Morgan fingerprint density at radius 3 is 2.50 bits per heavy atom. The van der Waals surface area contributed by atoms with E-state index in [1.807, 2.05) is 0 Å². The van der Waals surface area contributed by atoms with Crippen LogP contribution in [0.15, 0.2) is 18.2 Å². The Labute approximate surface area is 70.0 Å². The van der Waals surface area contributed by atoms with Gasteiger partial charge in [0.2, 0.25) is 0 Å². The lowest BCUT2D eigenvalue weighted by Crippen LogP contribution is -2.32. The van der Waals surface area contributed by atoms with E-state index < -0.39 is 7.12 Å². The Hall–Kier alpha value is -1.51. The topological polar surface area (TPSA) is 90.3 Å². The lowest BCUT2D eigenvalue weighted by Gasteiger charge is -2.03. The molecule has 0 aromatic heterocycles. The molecule has 1 aromatic carbocycles. The average molecular weight is 162 g/mol. The lowest BCUT2D eigenvalue weighted by molar-refractivity contribution is 0.425. The van der Waals surface area contributed by atoms with Crippen LogP contribution in [0, 0.1) is 11.3 Å². The maximum Gasteiger partial charge on any atom is 0.489 e. The third-order valence-corrected chi connectivity index (χ3v) is 1.52. The quantitative estimate of drug-likeness (QED) is 0.358. The number of benzene rings is 1. The van der Waals surface area contributed by atoms with Crippen molar-refractivity contribution in [3.8, 4) is 6.07 Å². The summed E-state index contributed by atoms with van der Waals surface area (Å²) < 4.78 is 0. The van der Waals surface area contributed by atoms with Crippen LogP contribution < -0.4 is 11.2 Å². The monoisotopic (exact) mass is 162 g/mol. The first-order valence-electron chi connectivity index (χ1n) is 3.31. The summed E-state index contributed by atoms with van der Waals surface area (Å²) in [6.45, 7) is 0. The summed E-state index contributed by atoms with van der Waals surface area (Å²) >= 11 is 0. The molecule has 0 bridgehead atoms. The standard InChI is InChI=1S/C7H7BN2O2/c9-4-5-6(8(11)12)2-1-3-7(5)10/h1-3,11-12H,10H2. The summed E-state index contributed by atoms with van der Waals surface area (Å²) in [6, 6.07) is 6.34. The van der Waals surface area contributed by atoms with E-state index in [1.165, 1.54) is 12.1 Å². The molecule has 0 heterocycles. The minimum atomic E-state index is -1.65.